The van der Waals surface area contributed by atoms with Crippen molar-refractivity contribution in [1.29, 1.82) is 0 Å². The van der Waals surface area contributed by atoms with Crippen LogP contribution in [-0.4, -0.2) is 50.5 Å². The van der Waals surface area contributed by atoms with Gasteiger partial charge in [-0.05, 0) is 20.8 Å². The summed E-state index contributed by atoms with van der Waals surface area (Å²) >= 11 is 0. The molecule has 1 heterocycles. The Labute approximate surface area is 100 Å². The molecule has 1 unspecified atom stereocenters. The lowest BCUT2D eigenvalue weighted by Crippen LogP contribution is -2.76. The number of nitrogens with zero attached hydrogens (tertiary/aromatic N) is 1. The van der Waals surface area contributed by atoms with E-state index in [9.17, 15) is 24.9 Å². The van der Waals surface area contributed by atoms with Gasteiger partial charge in [-0.25, -0.2) is 4.79 Å². The molecule has 3 atom stereocenters. The van der Waals surface area contributed by atoms with E-state index in [1.54, 1.807) is 20.8 Å². The smallest absolute Gasteiger partial charge is 0.366 e. The van der Waals surface area contributed by atoms with E-state index >= 15 is 0 Å². The lowest BCUT2D eigenvalue weighted by molar-refractivity contribution is -0.944. The Balaban J connectivity index is 3.49. The minimum absolute atomic E-state index is 0.0897. The van der Waals surface area contributed by atoms with Crippen molar-refractivity contribution in [1.82, 2.24) is 0 Å². The zero-order chi connectivity index (χ0) is 13.6. The van der Waals surface area contributed by atoms with Crippen LogP contribution in [0.3, 0.4) is 0 Å². The lowest BCUT2D eigenvalue weighted by atomic mass is 9.90. The average molecular weight is 245 g/mol. The van der Waals surface area contributed by atoms with Gasteiger partial charge in [0, 0.05) is 13.3 Å². The van der Waals surface area contributed by atoms with E-state index in [0.29, 0.717) is 0 Å². The molecule has 6 nitrogen and oxygen atoms in total. The van der Waals surface area contributed by atoms with Crippen molar-refractivity contribution in [3.05, 3.63) is 0 Å². The third-order valence-electron chi connectivity index (χ3n) is 3.88. The number of likely N-dealkylation sites (tertiary alicyclic amines) is 1. The predicted octanol–water partition coefficient (Wildman–Crippen LogP) is -0.447. The number of carbonyl (C=O) groups is 2. The molecule has 1 amide bonds. The Morgan fingerprint density at radius 1 is 1.41 bits per heavy atom. The molecule has 1 rings (SSSR count). The summed E-state index contributed by atoms with van der Waals surface area (Å²) in [6.07, 6.45) is -2.50. The molecule has 2 N–H and O–H groups in total. The van der Waals surface area contributed by atoms with Gasteiger partial charge in [-0.1, -0.05) is 0 Å². The Hall–Kier alpha value is -1.14. The van der Waals surface area contributed by atoms with E-state index in [1.807, 2.05) is 0 Å². The first-order valence-corrected chi connectivity index (χ1v) is 5.50. The number of hydrogen-bond acceptors (Lipinski definition) is 4. The quantitative estimate of drug-likeness (QED) is 0.610. The fourth-order valence-electron chi connectivity index (χ4n) is 3.01. The number of rotatable bonds is 1. The number of aliphatic hydroxyl groups excluding tert-OH is 1. The highest BCUT2D eigenvalue weighted by Gasteiger charge is 2.66. The standard InChI is InChI=1S/C11H19NO5/c1-10(2,3)12(9(16)17)6-7(13)5-11(12,4)8(14)15/h7,13H,5-6H2,1-4H3,(H-,14,15,16,17)/t7-,11-,12?/m1/s1. The SMILES string of the molecule is CC(C)(C)[N+]1(C(=O)[O-])C[C@H](O)C[C@]1(C)C(=O)O. The van der Waals surface area contributed by atoms with Crippen molar-refractivity contribution in [2.24, 2.45) is 0 Å². The fraction of sp³-hybridized carbons (Fsp3) is 0.818. The number of hydrogen-bond donors (Lipinski definition) is 2. The maximum Gasteiger partial charge on any atom is 0.366 e. The second-order valence-corrected chi connectivity index (χ2v) is 5.87. The number of carbonyl (C=O) groups excluding carboxylic acids is 1. The van der Waals surface area contributed by atoms with Crippen LogP contribution in [0.5, 0.6) is 0 Å². The monoisotopic (exact) mass is 245 g/mol. The summed E-state index contributed by atoms with van der Waals surface area (Å²) in [7, 11) is 0. The zero-order valence-corrected chi connectivity index (χ0v) is 10.6. The van der Waals surface area contributed by atoms with Gasteiger partial charge >= 0.3 is 5.97 Å². The van der Waals surface area contributed by atoms with Crippen LogP contribution < -0.4 is 5.11 Å². The second kappa shape index (κ2) is 3.68. The van der Waals surface area contributed by atoms with Gasteiger partial charge in [0.25, 0.3) is 6.09 Å². The normalized spacial score (nSPS) is 38.1. The fourth-order valence-corrected chi connectivity index (χ4v) is 3.01. The molecule has 0 aliphatic carbocycles. The molecule has 17 heavy (non-hydrogen) atoms. The third-order valence-corrected chi connectivity index (χ3v) is 3.88. The molecule has 0 aromatic rings. The number of amides is 1. The second-order valence-electron chi connectivity index (χ2n) is 5.87. The maximum absolute atomic E-state index is 11.5. The minimum atomic E-state index is -1.57. The number of aliphatic hydroxyl groups is 1. The van der Waals surface area contributed by atoms with E-state index < -0.39 is 33.7 Å². The molecule has 0 spiro atoms. The number of aliphatic carboxylic acids is 1. The van der Waals surface area contributed by atoms with Gasteiger partial charge in [0.05, 0.1) is 5.54 Å². The number of quaternary nitrogens is 1. The van der Waals surface area contributed by atoms with Gasteiger partial charge in [0.15, 0.2) is 0 Å². The highest BCUT2D eigenvalue weighted by molar-refractivity contribution is 5.80. The molecule has 0 aromatic carbocycles. The summed E-state index contributed by atoms with van der Waals surface area (Å²) in [6.45, 7) is 6.13. The molecule has 0 radical (unpaired) electrons. The topological polar surface area (TPSA) is 97.7 Å². The van der Waals surface area contributed by atoms with E-state index in [0.717, 1.165) is 0 Å². The van der Waals surface area contributed by atoms with Crippen LogP contribution in [-0.2, 0) is 4.79 Å². The van der Waals surface area contributed by atoms with E-state index in [-0.39, 0.29) is 13.0 Å². The molecule has 98 valence electrons. The number of carboxylic acids is 1. The Morgan fingerprint density at radius 2 is 1.88 bits per heavy atom. The average Bonchev–Trinajstić information content (AvgIpc) is 2.38. The van der Waals surface area contributed by atoms with Gasteiger partial charge in [0.1, 0.15) is 12.6 Å². The summed E-state index contributed by atoms with van der Waals surface area (Å²) in [4.78, 5) is 22.9. The minimum Gasteiger partial charge on any atom is -0.498 e. The molecule has 1 aliphatic heterocycles. The molecule has 6 heteroatoms. The highest BCUT2D eigenvalue weighted by Crippen LogP contribution is 2.44. The van der Waals surface area contributed by atoms with Gasteiger partial charge in [0.2, 0.25) is 5.54 Å². The molecule has 1 aliphatic rings. The van der Waals surface area contributed by atoms with Gasteiger partial charge in [-0.15, -0.1) is 0 Å². The van der Waals surface area contributed by atoms with Crippen LogP contribution in [0.4, 0.5) is 4.79 Å². The van der Waals surface area contributed by atoms with Crippen LogP contribution in [0.15, 0.2) is 0 Å². The van der Waals surface area contributed by atoms with Crippen LogP contribution in [0, 0.1) is 0 Å². The van der Waals surface area contributed by atoms with Crippen LogP contribution in [0.25, 0.3) is 0 Å². The van der Waals surface area contributed by atoms with Crippen LogP contribution in [0.2, 0.25) is 0 Å². The first-order chi connectivity index (χ1) is 7.49. The first kappa shape index (κ1) is 13.9. The Kier molecular flexibility index (Phi) is 3.01. The summed E-state index contributed by atoms with van der Waals surface area (Å²) in [6, 6.07) is 0. The van der Waals surface area contributed by atoms with Crippen molar-refractivity contribution < 1.29 is 29.4 Å². The van der Waals surface area contributed by atoms with Crippen molar-refractivity contribution in [2.75, 3.05) is 6.54 Å². The number of carboxylic acid groups (broad SMARTS) is 2. The van der Waals surface area contributed by atoms with Gasteiger partial charge < -0.3 is 20.1 Å². The molecular formula is C11H19NO5. The van der Waals surface area contributed by atoms with Crippen molar-refractivity contribution >= 4 is 12.1 Å². The van der Waals surface area contributed by atoms with Crippen LogP contribution in [0.1, 0.15) is 34.1 Å². The van der Waals surface area contributed by atoms with Crippen molar-refractivity contribution in [3.63, 3.8) is 0 Å². The first-order valence-electron chi connectivity index (χ1n) is 5.50. The van der Waals surface area contributed by atoms with E-state index in [4.69, 9.17) is 0 Å². The van der Waals surface area contributed by atoms with Gasteiger partial charge in [-0.2, -0.15) is 0 Å². The van der Waals surface area contributed by atoms with Crippen LogP contribution >= 0.6 is 0 Å². The summed E-state index contributed by atoms with van der Waals surface area (Å²) < 4.78 is -0.767. The molecular weight excluding hydrogens is 226 g/mol. The molecule has 0 bridgehead atoms. The summed E-state index contributed by atoms with van der Waals surface area (Å²) in [5.74, 6) is -1.23. The van der Waals surface area contributed by atoms with Gasteiger partial charge in [-0.3, -0.25) is 4.48 Å². The predicted molar refractivity (Wildman–Crippen MR) is 56.9 cm³/mol. The Morgan fingerprint density at radius 3 is 2.12 bits per heavy atom. The molecule has 1 fully saturated rings. The molecule has 0 saturated carbocycles. The Bertz CT molecular complexity index is 361. The lowest BCUT2D eigenvalue weighted by Gasteiger charge is -2.52. The van der Waals surface area contributed by atoms with E-state index in [1.165, 1.54) is 6.92 Å². The maximum atomic E-state index is 11.5. The third kappa shape index (κ3) is 1.63. The van der Waals surface area contributed by atoms with Crippen molar-refractivity contribution in [2.45, 2.75) is 51.3 Å². The summed E-state index contributed by atoms with van der Waals surface area (Å²) in [5, 5.41) is 30.5. The van der Waals surface area contributed by atoms with Crippen molar-refractivity contribution in [3.8, 4) is 0 Å². The zero-order valence-electron chi connectivity index (χ0n) is 10.6. The van der Waals surface area contributed by atoms with E-state index in [2.05, 4.69) is 0 Å². The molecule has 1 saturated heterocycles. The summed E-state index contributed by atoms with van der Waals surface area (Å²) in [5.41, 5.74) is -2.44. The largest absolute Gasteiger partial charge is 0.498 e. The highest BCUT2D eigenvalue weighted by atomic mass is 16.4. The molecule has 0 aromatic heterocycles.